The van der Waals surface area contributed by atoms with Gasteiger partial charge in [0.25, 0.3) is 0 Å². The van der Waals surface area contributed by atoms with Gasteiger partial charge in [0.1, 0.15) is 0 Å². The van der Waals surface area contributed by atoms with Gasteiger partial charge in [-0.15, -0.1) is 0 Å². The van der Waals surface area contributed by atoms with E-state index in [1.54, 1.807) is 6.92 Å². The van der Waals surface area contributed by atoms with Crippen LogP contribution in [0.2, 0.25) is 0 Å². The van der Waals surface area contributed by atoms with E-state index in [4.69, 9.17) is 0 Å². The first-order chi connectivity index (χ1) is 3.68. The molecule has 0 fully saturated rings. The fourth-order valence-corrected chi connectivity index (χ4v) is 0.292. The first-order valence-corrected chi connectivity index (χ1v) is 2.58. The summed E-state index contributed by atoms with van der Waals surface area (Å²) in [5, 5.41) is 0. The van der Waals surface area contributed by atoms with Gasteiger partial charge in [-0.2, -0.15) is 0 Å². The topological polar surface area (TPSA) is 9.23 Å². The van der Waals surface area contributed by atoms with E-state index in [1.807, 2.05) is 0 Å². The summed E-state index contributed by atoms with van der Waals surface area (Å²) < 4.78 is 28.0. The van der Waals surface area contributed by atoms with Crippen molar-refractivity contribution in [2.45, 2.75) is 26.4 Å². The van der Waals surface area contributed by atoms with Crippen LogP contribution in [0.15, 0.2) is 0 Å². The number of rotatable bonds is 3. The van der Waals surface area contributed by atoms with Crippen LogP contribution < -0.4 is 0 Å². The van der Waals surface area contributed by atoms with Crippen molar-refractivity contribution in [2.75, 3.05) is 6.61 Å². The number of ether oxygens (including phenoxy) is 1. The molecule has 0 aliphatic carbocycles. The first-order valence-electron chi connectivity index (χ1n) is 2.58. The number of halogens is 2. The smallest absolute Gasteiger partial charge is 0.230 e. The van der Waals surface area contributed by atoms with Gasteiger partial charge < -0.3 is 4.74 Å². The molecule has 0 aliphatic rings. The molecule has 0 saturated carbocycles. The average Bonchev–Trinajstić information content (AvgIpc) is 1.67. The Morgan fingerprint density at radius 3 is 2.12 bits per heavy atom. The molecule has 0 N–H and O–H groups in total. The summed E-state index contributed by atoms with van der Waals surface area (Å²) >= 11 is 0. The minimum Gasteiger partial charge on any atom is -0.346 e. The summed E-state index contributed by atoms with van der Waals surface area (Å²) in [6, 6.07) is 0. The first kappa shape index (κ1) is 7.82. The molecule has 0 bridgehead atoms. The van der Waals surface area contributed by atoms with Crippen LogP contribution in [0.4, 0.5) is 8.78 Å². The van der Waals surface area contributed by atoms with Crippen LogP contribution in [-0.2, 0) is 4.74 Å². The molecule has 0 amide bonds. The van der Waals surface area contributed by atoms with Crippen LogP contribution in [0.3, 0.4) is 0 Å². The molecule has 0 spiro atoms. The third-order valence-corrected chi connectivity index (χ3v) is 0.687. The van der Waals surface area contributed by atoms with Crippen LogP contribution in [-0.4, -0.2) is 19.1 Å². The standard InChI is InChI=1S/C5H10F2O/c1-3-8-5(7)4(2)6/h4-5H,3H2,1-2H3. The highest BCUT2D eigenvalue weighted by atomic mass is 19.2. The number of hydrogen-bond donors (Lipinski definition) is 0. The van der Waals surface area contributed by atoms with Gasteiger partial charge in [0.15, 0.2) is 6.17 Å². The third-order valence-electron chi connectivity index (χ3n) is 0.687. The highest BCUT2D eigenvalue weighted by Gasteiger charge is 2.13. The summed E-state index contributed by atoms with van der Waals surface area (Å²) in [5.41, 5.74) is 0. The van der Waals surface area contributed by atoms with Gasteiger partial charge in [0.05, 0.1) is 0 Å². The van der Waals surface area contributed by atoms with E-state index >= 15 is 0 Å². The SMILES string of the molecule is CCOC(F)C(C)F. The second kappa shape index (κ2) is 3.78. The zero-order chi connectivity index (χ0) is 6.57. The van der Waals surface area contributed by atoms with Crippen molar-refractivity contribution in [3.63, 3.8) is 0 Å². The molecule has 3 heteroatoms. The Kier molecular flexibility index (Phi) is 3.69. The summed E-state index contributed by atoms with van der Waals surface area (Å²) in [6.45, 7) is 2.96. The van der Waals surface area contributed by atoms with Crippen molar-refractivity contribution in [3.8, 4) is 0 Å². The molecule has 1 nitrogen and oxygen atoms in total. The van der Waals surface area contributed by atoms with E-state index < -0.39 is 12.5 Å². The third kappa shape index (κ3) is 2.91. The normalized spacial score (nSPS) is 18.0. The number of alkyl halides is 2. The van der Waals surface area contributed by atoms with Crippen molar-refractivity contribution in [1.29, 1.82) is 0 Å². The van der Waals surface area contributed by atoms with E-state index in [0.29, 0.717) is 0 Å². The van der Waals surface area contributed by atoms with Gasteiger partial charge in [-0.25, -0.2) is 8.78 Å². The summed E-state index contributed by atoms with van der Waals surface area (Å²) in [5.74, 6) is 0. The van der Waals surface area contributed by atoms with Crippen LogP contribution in [0.5, 0.6) is 0 Å². The zero-order valence-corrected chi connectivity index (χ0v) is 5.03. The molecule has 50 valence electrons. The predicted molar refractivity (Wildman–Crippen MR) is 27.1 cm³/mol. The predicted octanol–water partition coefficient (Wildman–Crippen LogP) is 1.68. The lowest BCUT2D eigenvalue weighted by atomic mass is 10.4. The maximum absolute atomic E-state index is 11.9. The minimum atomic E-state index is -1.75. The van der Waals surface area contributed by atoms with Gasteiger partial charge in [0.2, 0.25) is 6.36 Å². The lowest BCUT2D eigenvalue weighted by Crippen LogP contribution is -2.16. The van der Waals surface area contributed by atoms with Gasteiger partial charge in [-0.05, 0) is 13.8 Å². The van der Waals surface area contributed by atoms with Crippen molar-refractivity contribution in [2.24, 2.45) is 0 Å². The Morgan fingerprint density at radius 1 is 1.50 bits per heavy atom. The van der Waals surface area contributed by atoms with E-state index in [1.165, 1.54) is 0 Å². The Hall–Kier alpha value is -0.180. The second-order valence-corrected chi connectivity index (χ2v) is 1.48. The van der Waals surface area contributed by atoms with E-state index in [0.717, 1.165) is 6.92 Å². The summed E-state index contributed by atoms with van der Waals surface area (Å²) in [6.07, 6.45) is -3.27. The number of hydrogen-bond acceptors (Lipinski definition) is 1. The maximum Gasteiger partial charge on any atom is 0.230 e. The Bertz CT molecular complexity index is 56.4. The molecule has 2 atom stereocenters. The second-order valence-electron chi connectivity index (χ2n) is 1.48. The molecule has 0 aromatic heterocycles. The van der Waals surface area contributed by atoms with Crippen molar-refractivity contribution < 1.29 is 13.5 Å². The molecule has 0 aliphatic heterocycles. The lowest BCUT2D eigenvalue weighted by Gasteiger charge is -2.06. The summed E-state index contributed by atoms with van der Waals surface area (Å²) in [4.78, 5) is 0. The van der Waals surface area contributed by atoms with Gasteiger partial charge in [-0.3, -0.25) is 0 Å². The van der Waals surface area contributed by atoms with E-state index in [9.17, 15) is 8.78 Å². The molecular formula is C5H10F2O. The maximum atomic E-state index is 11.9. The molecule has 0 saturated heterocycles. The fourth-order valence-electron chi connectivity index (χ4n) is 0.292. The van der Waals surface area contributed by atoms with Crippen LogP contribution in [0.25, 0.3) is 0 Å². The van der Waals surface area contributed by atoms with Gasteiger partial charge >= 0.3 is 0 Å². The van der Waals surface area contributed by atoms with Crippen LogP contribution in [0, 0.1) is 0 Å². The van der Waals surface area contributed by atoms with Crippen molar-refractivity contribution in [1.82, 2.24) is 0 Å². The average molecular weight is 124 g/mol. The Labute approximate surface area is 47.6 Å². The molecule has 0 aromatic rings. The Morgan fingerprint density at radius 2 is 2.00 bits per heavy atom. The highest BCUT2D eigenvalue weighted by Crippen LogP contribution is 2.03. The molecule has 2 unspecified atom stereocenters. The van der Waals surface area contributed by atoms with Crippen LogP contribution >= 0.6 is 0 Å². The quantitative estimate of drug-likeness (QED) is 0.556. The van der Waals surface area contributed by atoms with Crippen LogP contribution in [0.1, 0.15) is 13.8 Å². The van der Waals surface area contributed by atoms with E-state index in [2.05, 4.69) is 4.74 Å². The molecule has 0 radical (unpaired) electrons. The van der Waals surface area contributed by atoms with Gasteiger partial charge in [0, 0.05) is 6.61 Å². The van der Waals surface area contributed by atoms with E-state index in [-0.39, 0.29) is 6.61 Å². The molecule has 8 heavy (non-hydrogen) atoms. The highest BCUT2D eigenvalue weighted by molar-refractivity contribution is 4.48. The molecule has 0 rings (SSSR count). The molecule has 0 aromatic carbocycles. The van der Waals surface area contributed by atoms with Crippen molar-refractivity contribution >= 4 is 0 Å². The van der Waals surface area contributed by atoms with Gasteiger partial charge in [-0.1, -0.05) is 0 Å². The fraction of sp³-hybridized carbons (Fsp3) is 1.00. The summed E-state index contributed by atoms with van der Waals surface area (Å²) in [7, 11) is 0. The minimum absolute atomic E-state index is 0.218. The molecule has 0 heterocycles. The van der Waals surface area contributed by atoms with Crippen molar-refractivity contribution in [3.05, 3.63) is 0 Å². The zero-order valence-electron chi connectivity index (χ0n) is 5.03. The Balaban J connectivity index is 3.17. The molecular weight excluding hydrogens is 114 g/mol. The lowest BCUT2D eigenvalue weighted by molar-refractivity contribution is -0.0759. The monoisotopic (exact) mass is 124 g/mol. The largest absolute Gasteiger partial charge is 0.346 e.